The lowest BCUT2D eigenvalue weighted by Crippen LogP contribution is -2.44. The number of nitrogens with zero attached hydrogens (tertiary/aromatic N) is 1. The maximum Gasteiger partial charge on any atom is 0.339 e. The van der Waals surface area contributed by atoms with Gasteiger partial charge in [0.1, 0.15) is 5.60 Å². The lowest BCUT2D eigenvalue weighted by molar-refractivity contribution is -0.0527. The van der Waals surface area contributed by atoms with E-state index in [9.17, 15) is 4.79 Å². The third kappa shape index (κ3) is 4.92. The second-order valence-corrected chi connectivity index (χ2v) is 7.87. The molecule has 1 saturated heterocycles. The number of likely N-dealkylation sites (tertiary alicyclic amines) is 1. The van der Waals surface area contributed by atoms with Gasteiger partial charge < -0.3 is 9.64 Å². The number of halogens is 1. The van der Waals surface area contributed by atoms with Crippen molar-refractivity contribution in [1.29, 1.82) is 0 Å². The van der Waals surface area contributed by atoms with E-state index in [1.54, 1.807) is 0 Å². The topological polar surface area (TPSA) is 29.5 Å². The summed E-state index contributed by atoms with van der Waals surface area (Å²) in [5.41, 5.74) is 3.64. The van der Waals surface area contributed by atoms with Gasteiger partial charge in [0.05, 0.1) is 5.56 Å². The average molecular weight is 422 g/mol. The predicted octanol–water partition coefficient (Wildman–Crippen LogP) is 5.48. The van der Waals surface area contributed by atoms with Crippen LogP contribution in [0.15, 0.2) is 84.9 Å². The van der Waals surface area contributed by atoms with Gasteiger partial charge in [-0.25, -0.2) is 4.79 Å². The second-order valence-electron chi connectivity index (χ2n) is 7.87. The van der Waals surface area contributed by atoms with Crippen LogP contribution >= 0.6 is 12.4 Å². The van der Waals surface area contributed by atoms with Crippen LogP contribution in [0.5, 0.6) is 0 Å². The maximum absolute atomic E-state index is 13.0. The third-order valence-corrected chi connectivity index (χ3v) is 5.84. The Bertz CT molecular complexity index is 951. The van der Waals surface area contributed by atoms with Crippen molar-refractivity contribution in [3.05, 3.63) is 107 Å². The number of rotatable bonds is 5. The van der Waals surface area contributed by atoms with E-state index in [0.717, 1.165) is 37.9 Å². The van der Waals surface area contributed by atoms with E-state index in [2.05, 4.69) is 60.5 Å². The molecule has 3 nitrogen and oxygen atoms in total. The Morgan fingerprint density at radius 3 is 2.10 bits per heavy atom. The molecule has 1 fully saturated rings. The number of esters is 1. The molecule has 0 aliphatic carbocycles. The van der Waals surface area contributed by atoms with Crippen molar-refractivity contribution in [1.82, 2.24) is 4.90 Å². The Hall–Kier alpha value is -2.62. The van der Waals surface area contributed by atoms with Gasteiger partial charge in [0.15, 0.2) is 0 Å². The monoisotopic (exact) mass is 421 g/mol. The first-order valence-corrected chi connectivity index (χ1v) is 10.3. The second kappa shape index (κ2) is 9.92. The molecule has 30 heavy (non-hydrogen) atoms. The molecule has 3 aromatic carbocycles. The van der Waals surface area contributed by atoms with Gasteiger partial charge in [0.25, 0.3) is 0 Å². The summed E-state index contributed by atoms with van der Waals surface area (Å²) in [4.78, 5) is 15.3. The van der Waals surface area contributed by atoms with E-state index in [1.807, 2.05) is 36.4 Å². The summed E-state index contributed by atoms with van der Waals surface area (Å²) < 4.78 is 6.31. The fourth-order valence-electron chi connectivity index (χ4n) is 4.15. The number of carbonyl (C=O) groups excluding carboxylic acids is 1. The molecule has 4 rings (SSSR count). The summed E-state index contributed by atoms with van der Waals surface area (Å²) in [6.07, 6.45) is 2.43. The van der Waals surface area contributed by atoms with Crippen LogP contribution in [0.1, 0.15) is 39.9 Å². The van der Waals surface area contributed by atoms with Crippen LogP contribution < -0.4 is 0 Å². The quantitative estimate of drug-likeness (QED) is 0.511. The van der Waals surface area contributed by atoms with Crippen LogP contribution in [-0.2, 0) is 16.8 Å². The molecule has 0 spiro atoms. The van der Waals surface area contributed by atoms with Gasteiger partial charge >= 0.3 is 5.97 Å². The Morgan fingerprint density at radius 1 is 0.867 bits per heavy atom. The van der Waals surface area contributed by atoms with Crippen molar-refractivity contribution in [2.75, 3.05) is 20.1 Å². The largest absolute Gasteiger partial charge is 0.450 e. The molecular weight excluding hydrogens is 394 g/mol. The molecule has 1 heterocycles. The molecule has 1 aliphatic rings. The van der Waals surface area contributed by atoms with Crippen molar-refractivity contribution < 1.29 is 9.53 Å². The minimum absolute atomic E-state index is 0. The summed E-state index contributed by atoms with van der Waals surface area (Å²) in [7, 11) is 2.12. The summed E-state index contributed by atoms with van der Waals surface area (Å²) in [6.45, 7) is 1.81. The normalized spacial score (nSPS) is 15.8. The first-order valence-electron chi connectivity index (χ1n) is 10.3. The van der Waals surface area contributed by atoms with E-state index in [-0.39, 0.29) is 18.4 Å². The minimum Gasteiger partial charge on any atom is -0.450 e. The fraction of sp³-hybridized carbons (Fsp3) is 0.269. The van der Waals surface area contributed by atoms with Crippen LogP contribution in [0.2, 0.25) is 0 Å². The third-order valence-electron chi connectivity index (χ3n) is 5.84. The summed E-state index contributed by atoms with van der Waals surface area (Å²) in [5, 5.41) is 0. The molecule has 3 aromatic rings. The zero-order chi connectivity index (χ0) is 20.1. The van der Waals surface area contributed by atoms with Crippen LogP contribution in [0.3, 0.4) is 0 Å². The first-order chi connectivity index (χ1) is 14.2. The van der Waals surface area contributed by atoms with Crippen molar-refractivity contribution in [3.63, 3.8) is 0 Å². The van der Waals surface area contributed by atoms with Crippen LogP contribution in [0.4, 0.5) is 0 Å². The minimum atomic E-state index is -0.592. The molecule has 0 N–H and O–H groups in total. The molecule has 0 aromatic heterocycles. The average Bonchev–Trinajstić information content (AvgIpc) is 2.77. The van der Waals surface area contributed by atoms with Crippen LogP contribution in [0, 0.1) is 0 Å². The Kier molecular flexibility index (Phi) is 7.30. The molecule has 156 valence electrons. The van der Waals surface area contributed by atoms with Crippen molar-refractivity contribution in [2.45, 2.75) is 24.9 Å². The maximum atomic E-state index is 13.0. The molecule has 0 amide bonds. The van der Waals surface area contributed by atoms with Gasteiger partial charge in [-0.15, -0.1) is 12.4 Å². The zero-order valence-corrected chi connectivity index (χ0v) is 18.1. The van der Waals surface area contributed by atoms with E-state index in [0.29, 0.717) is 5.56 Å². The number of carbonyl (C=O) groups is 1. The van der Waals surface area contributed by atoms with E-state index >= 15 is 0 Å². The summed E-state index contributed by atoms with van der Waals surface area (Å²) >= 11 is 0. The lowest BCUT2D eigenvalue weighted by atomic mass is 9.80. The lowest BCUT2D eigenvalue weighted by Gasteiger charge is -2.41. The Labute approximate surface area is 185 Å². The SMILES string of the molecule is CN1CCC(OC(=O)c2ccccc2)(c2ccccc2Cc2ccccc2)CC1.Cl. The highest BCUT2D eigenvalue weighted by atomic mass is 35.5. The number of ether oxygens (including phenoxy) is 1. The van der Waals surface area contributed by atoms with E-state index < -0.39 is 5.60 Å². The van der Waals surface area contributed by atoms with Crippen LogP contribution in [-0.4, -0.2) is 31.0 Å². The predicted molar refractivity (Wildman–Crippen MR) is 123 cm³/mol. The molecule has 0 saturated carbocycles. The zero-order valence-electron chi connectivity index (χ0n) is 17.3. The molecular formula is C26H28ClNO2. The van der Waals surface area contributed by atoms with Crippen molar-refractivity contribution in [3.8, 4) is 0 Å². The number of piperidine rings is 1. The molecule has 0 bridgehead atoms. The van der Waals surface area contributed by atoms with Gasteiger partial charge in [0.2, 0.25) is 0 Å². The van der Waals surface area contributed by atoms with Gasteiger partial charge in [-0.05, 0) is 42.3 Å². The van der Waals surface area contributed by atoms with E-state index in [1.165, 1.54) is 11.1 Å². The van der Waals surface area contributed by atoms with Gasteiger partial charge in [-0.3, -0.25) is 0 Å². The smallest absolute Gasteiger partial charge is 0.339 e. The molecule has 4 heteroatoms. The van der Waals surface area contributed by atoms with E-state index in [4.69, 9.17) is 4.74 Å². The number of hydrogen-bond acceptors (Lipinski definition) is 3. The first kappa shape index (κ1) is 22.1. The van der Waals surface area contributed by atoms with Gasteiger partial charge in [0, 0.05) is 25.9 Å². The Balaban J connectivity index is 0.00000256. The van der Waals surface area contributed by atoms with Crippen LogP contribution in [0.25, 0.3) is 0 Å². The highest BCUT2D eigenvalue weighted by molar-refractivity contribution is 5.89. The molecule has 0 atom stereocenters. The summed E-state index contributed by atoms with van der Waals surface area (Å²) in [6, 6.07) is 28.2. The number of benzene rings is 3. The molecule has 1 aliphatic heterocycles. The highest BCUT2D eigenvalue weighted by Gasteiger charge is 2.40. The van der Waals surface area contributed by atoms with Crippen molar-refractivity contribution in [2.24, 2.45) is 0 Å². The van der Waals surface area contributed by atoms with Crippen molar-refractivity contribution >= 4 is 18.4 Å². The van der Waals surface area contributed by atoms with Gasteiger partial charge in [-0.2, -0.15) is 0 Å². The standard InChI is InChI=1S/C26H27NO2.ClH/c1-27-18-16-26(17-19-27,29-25(28)22-12-6-3-7-13-22)24-15-9-8-14-23(24)20-21-10-4-2-5-11-21;/h2-15H,16-20H2,1H3;1H. The fourth-order valence-corrected chi connectivity index (χ4v) is 4.15. The highest BCUT2D eigenvalue weighted by Crippen LogP contribution is 2.39. The molecule has 0 unspecified atom stereocenters. The van der Waals surface area contributed by atoms with Gasteiger partial charge in [-0.1, -0.05) is 72.8 Å². The molecule has 0 radical (unpaired) electrons. The Morgan fingerprint density at radius 2 is 1.43 bits per heavy atom. The summed E-state index contributed by atoms with van der Waals surface area (Å²) in [5.74, 6) is -0.246. The number of hydrogen-bond donors (Lipinski definition) is 0.